The summed E-state index contributed by atoms with van der Waals surface area (Å²) >= 11 is 0. The van der Waals surface area contributed by atoms with Crippen LogP contribution < -0.4 is 4.90 Å². The zero-order chi connectivity index (χ0) is 37.8. The van der Waals surface area contributed by atoms with Crippen LogP contribution in [0.2, 0.25) is 0 Å². The van der Waals surface area contributed by atoms with Crippen LogP contribution in [0.1, 0.15) is 63.5 Å². The van der Waals surface area contributed by atoms with E-state index >= 15 is 0 Å². The van der Waals surface area contributed by atoms with Gasteiger partial charge in [0.2, 0.25) is 0 Å². The summed E-state index contributed by atoms with van der Waals surface area (Å²) in [6.45, 7) is 0. The van der Waals surface area contributed by atoms with Crippen molar-refractivity contribution in [3.05, 3.63) is 251 Å². The molecule has 0 bridgehead atoms. The Morgan fingerprint density at radius 3 is 1.95 bits per heavy atom. The lowest BCUT2D eigenvalue weighted by Gasteiger charge is -2.39. The number of anilines is 1. The SMILES string of the molecule is C1=CC(N(c2ccccc2)C2C=Cc3oc4ccccc4c3C2)CC=C1c1cccc2c1C1=C(CC(c3ccccc3)C=C1)C2(c1ccccc1)c1ccccc1. The minimum absolute atomic E-state index is 0.196. The van der Waals surface area contributed by atoms with Gasteiger partial charge in [-0.05, 0) is 87.2 Å². The van der Waals surface area contributed by atoms with Gasteiger partial charge in [-0.25, -0.2) is 0 Å². The number of hydrogen-bond donors (Lipinski definition) is 0. The second kappa shape index (κ2) is 13.8. The molecule has 0 amide bonds. The molecule has 0 N–H and O–H groups in total. The molecule has 3 atom stereocenters. The van der Waals surface area contributed by atoms with Gasteiger partial charge in [-0.1, -0.05) is 182 Å². The van der Waals surface area contributed by atoms with Crippen LogP contribution >= 0.6 is 0 Å². The largest absolute Gasteiger partial charge is 0.456 e. The van der Waals surface area contributed by atoms with Gasteiger partial charge in [-0.2, -0.15) is 0 Å². The number of furan rings is 1. The molecule has 4 aliphatic rings. The number of nitrogens with zero attached hydrogens (tertiary/aromatic N) is 1. The highest BCUT2D eigenvalue weighted by Gasteiger charge is 2.49. The Morgan fingerprint density at radius 2 is 1.23 bits per heavy atom. The zero-order valence-electron chi connectivity index (χ0n) is 31.8. The molecule has 0 spiro atoms. The number of rotatable bonds is 7. The molecule has 0 aliphatic heterocycles. The van der Waals surface area contributed by atoms with Crippen molar-refractivity contribution in [2.24, 2.45) is 0 Å². The Morgan fingerprint density at radius 1 is 0.561 bits per heavy atom. The van der Waals surface area contributed by atoms with Crippen molar-refractivity contribution >= 4 is 33.9 Å². The molecular formula is C55H43NO. The van der Waals surface area contributed by atoms with E-state index in [0.717, 1.165) is 30.6 Å². The van der Waals surface area contributed by atoms with Gasteiger partial charge in [0.1, 0.15) is 11.3 Å². The number of fused-ring (bicyclic) bond motifs is 5. The lowest BCUT2D eigenvalue weighted by atomic mass is 9.64. The molecule has 11 rings (SSSR count). The van der Waals surface area contributed by atoms with E-state index in [9.17, 15) is 0 Å². The Kier molecular flexibility index (Phi) is 8.17. The molecule has 57 heavy (non-hydrogen) atoms. The summed E-state index contributed by atoms with van der Waals surface area (Å²) in [4.78, 5) is 2.62. The third kappa shape index (κ3) is 5.46. The van der Waals surface area contributed by atoms with Crippen LogP contribution in [-0.4, -0.2) is 12.1 Å². The maximum Gasteiger partial charge on any atom is 0.135 e. The van der Waals surface area contributed by atoms with E-state index in [4.69, 9.17) is 4.42 Å². The van der Waals surface area contributed by atoms with Crippen molar-refractivity contribution in [2.75, 3.05) is 4.90 Å². The first-order valence-corrected chi connectivity index (χ1v) is 20.4. The van der Waals surface area contributed by atoms with E-state index in [1.54, 1.807) is 0 Å². The topological polar surface area (TPSA) is 16.4 Å². The molecule has 4 aliphatic carbocycles. The molecule has 274 valence electrons. The third-order valence-corrected chi connectivity index (χ3v) is 12.8. The normalized spacial score (nSPS) is 20.2. The fourth-order valence-electron chi connectivity index (χ4n) is 10.4. The molecule has 6 aromatic carbocycles. The van der Waals surface area contributed by atoms with Crippen LogP contribution in [0.3, 0.4) is 0 Å². The Bertz CT molecular complexity index is 2730. The fraction of sp³-hybridized carbons (Fsp3) is 0.127. The van der Waals surface area contributed by atoms with Crippen LogP contribution in [0.5, 0.6) is 0 Å². The standard InChI is InChI=1S/C55H43NO/c1-5-16-38(17-6-1)40-30-34-48-51(36-40)55(41-18-7-2-8-19-41,42-20-9-3-10-21-42)50-26-15-25-46(54(48)50)39-28-31-44(32-29-39)56(43-22-11-4-12-23-43)45-33-35-53-49(37-45)47-24-13-14-27-52(47)57-53/h1-31,33-35,40,44-45H,32,36-37H2. The van der Waals surface area contributed by atoms with Crippen LogP contribution in [0.15, 0.2) is 210 Å². The van der Waals surface area contributed by atoms with Crippen LogP contribution in [0.25, 0.3) is 28.2 Å². The lowest BCUT2D eigenvalue weighted by molar-refractivity contribution is 0.572. The average Bonchev–Trinajstić information content (AvgIpc) is 3.81. The minimum atomic E-state index is -0.407. The van der Waals surface area contributed by atoms with E-state index in [0.29, 0.717) is 5.92 Å². The van der Waals surface area contributed by atoms with Crippen LogP contribution in [0.4, 0.5) is 5.69 Å². The summed E-state index contributed by atoms with van der Waals surface area (Å²) in [5, 5.41) is 1.22. The van der Waals surface area contributed by atoms with Crippen molar-refractivity contribution in [1.29, 1.82) is 0 Å². The highest BCUT2D eigenvalue weighted by atomic mass is 16.3. The molecule has 7 aromatic rings. The van der Waals surface area contributed by atoms with E-state index in [-0.39, 0.29) is 12.1 Å². The van der Waals surface area contributed by atoms with Gasteiger partial charge in [0, 0.05) is 29.0 Å². The van der Waals surface area contributed by atoms with Gasteiger partial charge in [-0.15, -0.1) is 0 Å². The smallest absolute Gasteiger partial charge is 0.135 e. The minimum Gasteiger partial charge on any atom is -0.456 e. The van der Waals surface area contributed by atoms with Gasteiger partial charge in [0.05, 0.1) is 17.5 Å². The van der Waals surface area contributed by atoms with Gasteiger partial charge >= 0.3 is 0 Å². The second-order valence-corrected chi connectivity index (χ2v) is 15.8. The molecule has 2 heteroatoms. The number of para-hydroxylation sites is 2. The van der Waals surface area contributed by atoms with Gasteiger partial charge in [-0.3, -0.25) is 0 Å². The predicted octanol–water partition coefficient (Wildman–Crippen LogP) is 13.1. The van der Waals surface area contributed by atoms with Gasteiger partial charge in [0.25, 0.3) is 0 Å². The van der Waals surface area contributed by atoms with Crippen LogP contribution in [-0.2, 0) is 11.8 Å². The number of benzene rings is 6. The van der Waals surface area contributed by atoms with Gasteiger partial charge in [0.15, 0.2) is 0 Å². The first-order chi connectivity index (χ1) is 28.3. The van der Waals surface area contributed by atoms with E-state index < -0.39 is 5.41 Å². The predicted molar refractivity (Wildman–Crippen MR) is 236 cm³/mol. The van der Waals surface area contributed by atoms with E-state index in [1.165, 1.54) is 66.7 Å². The summed E-state index contributed by atoms with van der Waals surface area (Å²) in [7, 11) is 0. The molecule has 1 aromatic heterocycles. The molecule has 0 saturated heterocycles. The van der Waals surface area contributed by atoms with Crippen molar-refractivity contribution in [1.82, 2.24) is 0 Å². The van der Waals surface area contributed by atoms with Gasteiger partial charge < -0.3 is 9.32 Å². The summed E-state index contributed by atoms with van der Waals surface area (Å²) < 4.78 is 6.27. The maximum atomic E-state index is 6.27. The van der Waals surface area contributed by atoms with Crippen LogP contribution in [0, 0.1) is 0 Å². The molecule has 0 saturated carbocycles. The van der Waals surface area contributed by atoms with Crippen molar-refractivity contribution < 1.29 is 4.42 Å². The Labute approximate surface area is 335 Å². The third-order valence-electron chi connectivity index (χ3n) is 12.8. The number of allylic oxidation sites excluding steroid dienone is 6. The average molecular weight is 734 g/mol. The monoisotopic (exact) mass is 733 g/mol. The summed E-state index contributed by atoms with van der Waals surface area (Å²) in [5.41, 5.74) is 15.3. The lowest BCUT2D eigenvalue weighted by Crippen LogP contribution is -2.44. The van der Waals surface area contributed by atoms with E-state index in [1.807, 2.05) is 0 Å². The fourth-order valence-corrected chi connectivity index (χ4v) is 10.4. The summed E-state index contributed by atoms with van der Waals surface area (Å²) in [6.07, 6.45) is 19.5. The Balaban J connectivity index is 1.01. The van der Waals surface area contributed by atoms with E-state index in [2.05, 4.69) is 211 Å². The summed E-state index contributed by atoms with van der Waals surface area (Å²) in [5.74, 6) is 1.29. The molecule has 0 radical (unpaired) electrons. The number of hydrogen-bond acceptors (Lipinski definition) is 2. The van der Waals surface area contributed by atoms with Crippen molar-refractivity contribution in [3.63, 3.8) is 0 Å². The van der Waals surface area contributed by atoms with Crippen molar-refractivity contribution in [3.8, 4) is 0 Å². The molecule has 2 nitrogen and oxygen atoms in total. The molecule has 1 heterocycles. The summed E-state index contributed by atoms with van der Waals surface area (Å²) in [6, 6.07) is 60.3. The van der Waals surface area contributed by atoms with Crippen molar-refractivity contribution in [2.45, 2.75) is 42.7 Å². The highest BCUT2D eigenvalue weighted by molar-refractivity contribution is 5.97. The quantitative estimate of drug-likeness (QED) is 0.162. The first-order valence-electron chi connectivity index (χ1n) is 20.4. The molecule has 3 unspecified atom stereocenters. The second-order valence-electron chi connectivity index (χ2n) is 15.8. The Hall–Kier alpha value is -6.64. The molecular weight excluding hydrogens is 691 g/mol. The highest BCUT2D eigenvalue weighted by Crippen LogP contribution is 2.60. The zero-order valence-corrected chi connectivity index (χ0v) is 31.8. The first kappa shape index (κ1) is 33.7. The maximum absolute atomic E-state index is 6.27. The molecule has 0 fully saturated rings.